The zero-order valence-corrected chi connectivity index (χ0v) is 12.7. The number of halogens is 1. The Morgan fingerprint density at radius 2 is 2.00 bits per heavy atom. The molecule has 0 fully saturated rings. The Morgan fingerprint density at radius 1 is 1.41 bits per heavy atom. The summed E-state index contributed by atoms with van der Waals surface area (Å²) in [5.41, 5.74) is 1.18. The average Bonchev–Trinajstić information content (AvgIpc) is 2.15. The number of aromatic hydroxyl groups is 1. The molecule has 1 aromatic rings. The maximum atomic E-state index is 11.9. The monoisotopic (exact) mass is 317 g/mol. The van der Waals surface area contributed by atoms with E-state index in [4.69, 9.17) is 0 Å². The second-order valence-corrected chi connectivity index (χ2v) is 7.52. The zero-order chi connectivity index (χ0) is 13.2. The number of nitrogens with zero attached hydrogens (tertiary/aromatic N) is 1. The van der Waals surface area contributed by atoms with Crippen molar-refractivity contribution in [2.75, 3.05) is 0 Å². The summed E-state index contributed by atoms with van der Waals surface area (Å²) in [6.45, 7) is 7.33. The summed E-state index contributed by atoms with van der Waals surface area (Å²) in [5, 5.41) is 9.77. The first kappa shape index (κ1) is 14.5. The molecule has 94 valence electrons. The number of hydrogen-bond donors (Lipinski definition) is 1. The predicted octanol–water partition coefficient (Wildman–Crippen LogP) is 3.43. The molecule has 0 bridgehead atoms. The molecule has 0 unspecified atom stereocenters. The minimum absolute atomic E-state index is 0.131. The molecule has 0 aliphatic heterocycles. The minimum atomic E-state index is -1.32. The van der Waals surface area contributed by atoms with Crippen molar-refractivity contribution in [2.24, 2.45) is 4.40 Å². The van der Waals surface area contributed by atoms with Gasteiger partial charge < -0.3 is 9.66 Å². The Morgan fingerprint density at radius 3 is 2.47 bits per heavy atom. The lowest BCUT2D eigenvalue weighted by Crippen LogP contribution is -2.26. The van der Waals surface area contributed by atoms with Crippen LogP contribution in [0.5, 0.6) is 5.75 Å². The van der Waals surface area contributed by atoms with E-state index in [2.05, 4.69) is 20.3 Å². The maximum Gasteiger partial charge on any atom is 0.144 e. The Kier molecular flexibility index (Phi) is 4.63. The fourth-order valence-electron chi connectivity index (χ4n) is 1.12. The normalized spacial score (nSPS) is 14.8. The van der Waals surface area contributed by atoms with Crippen molar-refractivity contribution in [3.05, 3.63) is 28.2 Å². The molecule has 0 radical (unpaired) electrons. The first-order valence-electron chi connectivity index (χ1n) is 5.18. The Balaban J connectivity index is 3.04. The number of phenols is 1. The lowest BCUT2D eigenvalue weighted by molar-refractivity contribution is 0.474. The van der Waals surface area contributed by atoms with Gasteiger partial charge in [0.25, 0.3) is 0 Å². The maximum absolute atomic E-state index is 11.9. The molecule has 0 aliphatic carbocycles. The van der Waals surface area contributed by atoms with E-state index in [0.29, 0.717) is 11.3 Å². The van der Waals surface area contributed by atoms with Crippen molar-refractivity contribution >= 4 is 33.0 Å². The molecule has 1 atom stereocenters. The quantitative estimate of drug-likeness (QED) is 0.671. The van der Waals surface area contributed by atoms with E-state index in [1.165, 1.54) is 0 Å². The molecule has 0 heterocycles. The molecule has 1 rings (SSSR count). The van der Waals surface area contributed by atoms with Gasteiger partial charge in [0.1, 0.15) is 21.9 Å². The van der Waals surface area contributed by atoms with Crippen LogP contribution in [0, 0.1) is 0 Å². The van der Waals surface area contributed by atoms with Crippen molar-refractivity contribution in [3.8, 4) is 5.75 Å². The van der Waals surface area contributed by atoms with Gasteiger partial charge in [0, 0.05) is 10.0 Å². The molecule has 0 aromatic heterocycles. The third-order valence-corrected chi connectivity index (χ3v) is 4.07. The second kappa shape index (κ2) is 5.42. The first-order valence-corrected chi connectivity index (χ1v) is 7.08. The molecular formula is C12H16BrNO2S. The molecule has 17 heavy (non-hydrogen) atoms. The predicted molar refractivity (Wildman–Crippen MR) is 75.9 cm³/mol. The molecule has 0 aliphatic rings. The van der Waals surface area contributed by atoms with Crippen LogP contribution >= 0.6 is 15.9 Å². The zero-order valence-electron chi connectivity index (χ0n) is 10.3. The smallest absolute Gasteiger partial charge is 0.144 e. The third kappa shape index (κ3) is 4.01. The second-order valence-electron chi connectivity index (χ2n) is 4.70. The highest BCUT2D eigenvalue weighted by atomic mass is 79.9. The highest BCUT2D eigenvalue weighted by molar-refractivity contribution is 9.10. The van der Waals surface area contributed by atoms with Gasteiger partial charge >= 0.3 is 0 Å². The largest absolute Gasteiger partial charge is 0.591 e. The van der Waals surface area contributed by atoms with Crippen LogP contribution < -0.4 is 0 Å². The fraction of sp³-hybridized carbons (Fsp3) is 0.417. The summed E-state index contributed by atoms with van der Waals surface area (Å²) in [6.07, 6.45) is 0. The van der Waals surface area contributed by atoms with Gasteiger partial charge in [-0.2, -0.15) is 0 Å². The van der Waals surface area contributed by atoms with Gasteiger partial charge in [-0.05, 0) is 45.9 Å². The van der Waals surface area contributed by atoms with E-state index < -0.39 is 16.1 Å². The summed E-state index contributed by atoms with van der Waals surface area (Å²) in [6, 6.07) is 5.15. The molecule has 3 nitrogen and oxygen atoms in total. The molecule has 1 aromatic carbocycles. The van der Waals surface area contributed by atoms with Crippen LogP contribution in [0.3, 0.4) is 0 Å². The van der Waals surface area contributed by atoms with Crippen LogP contribution in [0.1, 0.15) is 33.3 Å². The van der Waals surface area contributed by atoms with Gasteiger partial charge in [0.2, 0.25) is 0 Å². The number of benzene rings is 1. The van der Waals surface area contributed by atoms with Crippen molar-refractivity contribution in [1.82, 2.24) is 0 Å². The van der Waals surface area contributed by atoms with Crippen molar-refractivity contribution in [3.63, 3.8) is 0 Å². The van der Waals surface area contributed by atoms with Gasteiger partial charge in [-0.1, -0.05) is 20.3 Å². The highest BCUT2D eigenvalue weighted by Gasteiger charge is 2.27. The van der Waals surface area contributed by atoms with Crippen LogP contribution in [0.2, 0.25) is 0 Å². The standard InChI is InChI=1S/C12H16BrNO2S/c1-8(14-17(16)12(2,3)4)10-6-5-9(13)7-11(10)15/h5-7,15H,1-4H3/b14-8+/t17-/m1/s1. The molecule has 0 amide bonds. The van der Waals surface area contributed by atoms with Gasteiger partial charge in [0.15, 0.2) is 0 Å². The summed E-state index contributed by atoms with van der Waals surface area (Å²) < 4.78 is 16.4. The molecule has 0 spiro atoms. The summed E-state index contributed by atoms with van der Waals surface area (Å²) >= 11 is 1.95. The van der Waals surface area contributed by atoms with Crippen LogP contribution in [-0.2, 0) is 11.4 Å². The van der Waals surface area contributed by atoms with E-state index in [1.54, 1.807) is 19.1 Å². The van der Waals surface area contributed by atoms with Crippen LogP contribution in [0.15, 0.2) is 27.1 Å². The van der Waals surface area contributed by atoms with Gasteiger partial charge in [-0.15, -0.1) is 0 Å². The average molecular weight is 318 g/mol. The lowest BCUT2D eigenvalue weighted by atomic mass is 10.1. The SMILES string of the molecule is C/C(=N\[S@+]([O-])C(C)(C)C)c1ccc(Br)cc1O. The van der Waals surface area contributed by atoms with Crippen LogP contribution in [0.4, 0.5) is 0 Å². The van der Waals surface area contributed by atoms with Gasteiger partial charge in [-0.25, -0.2) is 0 Å². The topological polar surface area (TPSA) is 55.7 Å². The van der Waals surface area contributed by atoms with E-state index in [1.807, 2.05) is 26.8 Å². The van der Waals surface area contributed by atoms with Gasteiger partial charge in [0.05, 0.1) is 5.71 Å². The van der Waals surface area contributed by atoms with Crippen molar-refractivity contribution in [2.45, 2.75) is 32.4 Å². The van der Waals surface area contributed by atoms with Crippen molar-refractivity contribution in [1.29, 1.82) is 0 Å². The molecule has 0 saturated carbocycles. The van der Waals surface area contributed by atoms with E-state index in [-0.39, 0.29) is 5.75 Å². The van der Waals surface area contributed by atoms with E-state index in [9.17, 15) is 9.66 Å². The summed E-state index contributed by atoms with van der Waals surface area (Å²) in [7, 11) is 0. The first-order chi connectivity index (χ1) is 7.71. The molecule has 0 saturated heterocycles. The number of hydrogen-bond acceptors (Lipinski definition) is 3. The van der Waals surface area contributed by atoms with E-state index in [0.717, 1.165) is 4.47 Å². The highest BCUT2D eigenvalue weighted by Crippen LogP contribution is 2.24. The Hall–Kier alpha value is -0.520. The van der Waals surface area contributed by atoms with Crippen LogP contribution in [0.25, 0.3) is 0 Å². The van der Waals surface area contributed by atoms with Crippen LogP contribution in [-0.4, -0.2) is 20.1 Å². The lowest BCUT2D eigenvalue weighted by Gasteiger charge is -2.18. The molecule has 5 heteroatoms. The molecule has 1 N–H and O–H groups in total. The molecular weight excluding hydrogens is 302 g/mol. The number of phenolic OH excluding ortho intramolecular Hbond substituents is 1. The Bertz CT molecular complexity index is 441. The number of rotatable bonds is 2. The summed E-state index contributed by atoms with van der Waals surface area (Å²) in [4.78, 5) is 0. The third-order valence-electron chi connectivity index (χ3n) is 2.09. The van der Waals surface area contributed by atoms with Gasteiger partial charge in [-0.3, -0.25) is 0 Å². The van der Waals surface area contributed by atoms with Crippen molar-refractivity contribution < 1.29 is 9.66 Å². The minimum Gasteiger partial charge on any atom is -0.591 e. The Labute approximate surface area is 113 Å². The fourth-order valence-corrected chi connectivity index (χ4v) is 2.09. The van der Waals surface area contributed by atoms with E-state index >= 15 is 0 Å². The summed E-state index contributed by atoms with van der Waals surface area (Å²) in [5.74, 6) is 0.131.